The topological polar surface area (TPSA) is 177 Å². The van der Waals surface area contributed by atoms with Crippen molar-refractivity contribution in [1.29, 1.82) is 0 Å². The highest BCUT2D eigenvalue weighted by atomic mass is 31.2. The summed E-state index contributed by atoms with van der Waals surface area (Å²) in [6, 6.07) is -0.991. The highest BCUT2D eigenvalue weighted by molar-refractivity contribution is 7.47. The summed E-state index contributed by atoms with van der Waals surface area (Å²) in [6.45, 7) is 0.0831. The molecule has 0 aromatic carbocycles. The van der Waals surface area contributed by atoms with Crippen LogP contribution in [0.5, 0.6) is 0 Å². The van der Waals surface area contributed by atoms with Gasteiger partial charge in [-0.05, 0) is 12.8 Å². The van der Waals surface area contributed by atoms with Crippen LogP contribution in [-0.4, -0.2) is 29.6 Å². The average molecular weight is 252 g/mol. The zero-order chi connectivity index (χ0) is 12.8. The third-order valence-corrected chi connectivity index (χ3v) is 2.03. The molecule has 0 aliphatic heterocycles. The molecule has 0 aromatic heterocycles. The summed E-state index contributed by atoms with van der Waals surface area (Å²) in [4.78, 5) is 34.1. The smallest absolute Gasteiger partial charge is 0.320 e. The molecular formula is C6H13N4O5P-2. The Labute approximate surface area is 91.8 Å². The minimum atomic E-state index is -4.93. The lowest BCUT2D eigenvalue weighted by atomic mass is 10.2. The molecule has 0 rings (SSSR count). The zero-order valence-corrected chi connectivity index (χ0v) is 9.22. The molecule has 0 radical (unpaired) electrons. The van der Waals surface area contributed by atoms with Gasteiger partial charge in [-0.15, -0.1) is 0 Å². The van der Waals surface area contributed by atoms with Crippen molar-refractivity contribution < 1.29 is 24.3 Å². The maximum absolute atomic E-state index is 10.3. The van der Waals surface area contributed by atoms with Gasteiger partial charge in [0.25, 0.3) is 0 Å². The van der Waals surface area contributed by atoms with E-state index in [1.807, 2.05) is 0 Å². The third kappa shape index (κ3) is 8.18. The quantitative estimate of drug-likeness (QED) is 0.166. The van der Waals surface area contributed by atoms with Gasteiger partial charge in [-0.2, -0.15) is 0 Å². The average Bonchev–Trinajstić information content (AvgIpc) is 2.08. The zero-order valence-electron chi connectivity index (χ0n) is 8.33. The number of hydrogen-bond donors (Lipinski definition) is 4. The number of guanidine groups is 1. The second-order valence-corrected chi connectivity index (χ2v) is 4.18. The van der Waals surface area contributed by atoms with Crippen molar-refractivity contribution in [2.45, 2.75) is 18.9 Å². The van der Waals surface area contributed by atoms with Gasteiger partial charge >= 0.3 is 5.97 Å². The van der Waals surface area contributed by atoms with E-state index < -0.39 is 25.7 Å². The van der Waals surface area contributed by atoms with Crippen LogP contribution in [0, 0.1) is 0 Å². The molecule has 0 fully saturated rings. The Bertz CT molecular complexity index is 314. The van der Waals surface area contributed by atoms with Crippen molar-refractivity contribution in [2.24, 2.45) is 16.5 Å². The molecule has 1 unspecified atom stereocenters. The second-order valence-electron chi connectivity index (χ2n) is 2.96. The number of rotatable bonds is 6. The largest absolute Gasteiger partial charge is 0.795 e. The number of carbonyl (C=O) groups is 1. The van der Waals surface area contributed by atoms with Crippen LogP contribution in [-0.2, 0) is 9.36 Å². The van der Waals surface area contributed by atoms with Crippen LogP contribution >= 0.6 is 7.75 Å². The lowest BCUT2D eigenvalue weighted by Crippen LogP contribution is -2.37. The van der Waals surface area contributed by atoms with Crippen LogP contribution in [0.1, 0.15) is 12.8 Å². The number of nitrogens with zero attached hydrogens (tertiary/aromatic N) is 1. The molecule has 1 atom stereocenters. The van der Waals surface area contributed by atoms with E-state index >= 15 is 0 Å². The van der Waals surface area contributed by atoms with E-state index in [0.717, 1.165) is 0 Å². The van der Waals surface area contributed by atoms with Crippen molar-refractivity contribution >= 4 is 19.7 Å². The van der Waals surface area contributed by atoms with Gasteiger partial charge in [0.1, 0.15) is 6.04 Å². The summed E-state index contributed by atoms with van der Waals surface area (Å²) in [6.07, 6.45) is 0.496. The minimum absolute atomic E-state index is 0.0831. The van der Waals surface area contributed by atoms with Gasteiger partial charge in [0.15, 0.2) is 5.96 Å². The molecule has 94 valence electrons. The maximum Gasteiger partial charge on any atom is 0.320 e. The van der Waals surface area contributed by atoms with Gasteiger partial charge in [-0.3, -0.25) is 9.79 Å². The van der Waals surface area contributed by atoms with E-state index in [1.165, 1.54) is 5.09 Å². The van der Waals surface area contributed by atoms with Crippen molar-refractivity contribution in [2.75, 3.05) is 6.54 Å². The fourth-order valence-corrected chi connectivity index (χ4v) is 1.16. The summed E-state index contributed by atoms with van der Waals surface area (Å²) in [5.41, 5.74) is 10.3. The molecule has 0 aromatic rings. The fourth-order valence-electron chi connectivity index (χ4n) is 0.810. The van der Waals surface area contributed by atoms with E-state index in [4.69, 9.17) is 16.6 Å². The van der Waals surface area contributed by atoms with E-state index in [2.05, 4.69) is 4.99 Å². The molecular weight excluding hydrogens is 239 g/mol. The third-order valence-electron chi connectivity index (χ3n) is 1.52. The Balaban J connectivity index is 3.84. The lowest BCUT2D eigenvalue weighted by Gasteiger charge is -2.30. The van der Waals surface area contributed by atoms with E-state index in [0.29, 0.717) is 6.42 Å². The Morgan fingerprint density at radius 1 is 1.56 bits per heavy atom. The second kappa shape index (κ2) is 6.44. The van der Waals surface area contributed by atoms with Gasteiger partial charge in [0.05, 0.1) is 0 Å². The molecule has 6 N–H and O–H groups in total. The first-order valence-corrected chi connectivity index (χ1v) is 5.85. The molecule has 0 aliphatic rings. The van der Waals surface area contributed by atoms with Crippen molar-refractivity contribution in [3.63, 3.8) is 0 Å². The number of carboxylic acids is 1. The normalized spacial score (nSPS) is 14.6. The Morgan fingerprint density at radius 3 is 2.56 bits per heavy atom. The minimum Gasteiger partial charge on any atom is -0.795 e. The first kappa shape index (κ1) is 14.8. The van der Waals surface area contributed by atoms with Gasteiger partial charge < -0.3 is 36.0 Å². The molecule has 0 saturated carbocycles. The molecule has 0 aliphatic carbocycles. The van der Waals surface area contributed by atoms with E-state index in [-0.39, 0.29) is 13.0 Å². The summed E-state index contributed by atoms with van der Waals surface area (Å²) in [5.74, 6) is -1.64. The number of nitrogens with one attached hydrogen (secondary N) is 1. The first-order valence-electron chi connectivity index (χ1n) is 4.31. The Kier molecular flexibility index (Phi) is 5.97. The van der Waals surface area contributed by atoms with Crippen LogP contribution < -0.4 is 26.3 Å². The Morgan fingerprint density at radius 2 is 2.12 bits per heavy atom. The van der Waals surface area contributed by atoms with Gasteiger partial charge in [0, 0.05) is 14.3 Å². The monoisotopic (exact) mass is 252 g/mol. The van der Waals surface area contributed by atoms with E-state index in [9.17, 15) is 19.1 Å². The number of nitrogens with two attached hydrogens (primary N) is 2. The first-order chi connectivity index (χ1) is 7.22. The Hall–Kier alpha value is -1.15. The van der Waals surface area contributed by atoms with Crippen LogP contribution in [0.15, 0.2) is 4.99 Å². The predicted molar refractivity (Wildman–Crippen MR) is 52.1 cm³/mol. The van der Waals surface area contributed by atoms with Crippen molar-refractivity contribution in [3.8, 4) is 0 Å². The van der Waals surface area contributed by atoms with Gasteiger partial charge in [0.2, 0.25) is 0 Å². The highest BCUT2D eigenvalue weighted by Crippen LogP contribution is 2.13. The van der Waals surface area contributed by atoms with E-state index in [1.54, 1.807) is 0 Å². The summed E-state index contributed by atoms with van der Waals surface area (Å²) >= 11 is 0. The molecule has 16 heavy (non-hydrogen) atoms. The highest BCUT2D eigenvalue weighted by Gasteiger charge is 2.09. The van der Waals surface area contributed by atoms with Gasteiger partial charge in [-0.1, -0.05) is 0 Å². The number of aliphatic imine (C=N–C) groups is 1. The number of hydrogen-bond acceptors (Lipinski definition) is 6. The number of aliphatic carboxylic acids is 1. The van der Waals surface area contributed by atoms with Crippen LogP contribution in [0.3, 0.4) is 0 Å². The van der Waals surface area contributed by atoms with Crippen molar-refractivity contribution in [3.05, 3.63) is 0 Å². The molecule has 0 saturated heterocycles. The van der Waals surface area contributed by atoms with Crippen LogP contribution in [0.25, 0.3) is 0 Å². The van der Waals surface area contributed by atoms with Crippen LogP contribution in [0.2, 0.25) is 0 Å². The SMILES string of the molecule is NC(=NCCCC(N)C(=O)O)NP(=O)([O-])[O-]. The summed E-state index contributed by atoms with van der Waals surface area (Å²) < 4.78 is 10.2. The predicted octanol–water partition coefficient (Wildman–Crippen LogP) is -3.09. The maximum atomic E-state index is 10.3. The molecule has 0 amide bonds. The molecule has 10 heteroatoms. The summed E-state index contributed by atoms with van der Waals surface area (Å²) in [5, 5.41) is 9.88. The number of carboxylic acid groups (broad SMARTS) is 1. The standard InChI is InChI=1S/C6H15N4O5P/c7-4(5(11)12)2-1-3-9-6(8)10-16(13,14)15/h4H,1-3,7H2,(H,11,12)(H5,8,9,10,13,14,15)/p-2. The fraction of sp³-hybridized carbons (Fsp3) is 0.667. The summed E-state index contributed by atoms with van der Waals surface area (Å²) in [7, 11) is -4.93. The van der Waals surface area contributed by atoms with Crippen molar-refractivity contribution in [1.82, 2.24) is 5.09 Å². The molecule has 9 nitrogen and oxygen atoms in total. The van der Waals surface area contributed by atoms with Gasteiger partial charge in [-0.25, -0.2) is 0 Å². The molecule has 0 spiro atoms. The van der Waals surface area contributed by atoms with Crippen LogP contribution in [0.4, 0.5) is 0 Å². The molecule has 0 bridgehead atoms. The lowest BCUT2D eigenvalue weighted by molar-refractivity contribution is -0.316. The molecule has 0 heterocycles.